The molecule has 110 valence electrons. The van der Waals surface area contributed by atoms with Gasteiger partial charge in [0.15, 0.2) is 10.9 Å². The molecule has 0 spiro atoms. The van der Waals surface area contributed by atoms with Gasteiger partial charge in [0.25, 0.3) is 5.91 Å². The highest BCUT2D eigenvalue weighted by atomic mass is 35.5. The third-order valence-electron chi connectivity index (χ3n) is 2.76. The monoisotopic (exact) mass is 334 g/mol. The minimum absolute atomic E-state index is 0.177. The molecular formula is C13H16Cl2N2O2S. The molecule has 0 unspecified atom stereocenters. The van der Waals surface area contributed by atoms with E-state index in [4.69, 9.17) is 40.2 Å². The highest BCUT2D eigenvalue weighted by molar-refractivity contribution is 7.80. The van der Waals surface area contributed by atoms with E-state index >= 15 is 0 Å². The van der Waals surface area contributed by atoms with Crippen LogP contribution in [-0.2, 0) is 0 Å². The maximum atomic E-state index is 12.3. The molecule has 0 aliphatic rings. The van der Waals surface area contributed by atoms with Crippen molar-refractivity contribution in [3.8, 4) is 5.75 Å². The van der Waals surface area contributed by atoms with E-state index in [9.17, 15) is 4.79 Å². The third kappa shape index (κ3) is 3.75. The second-order valence-electron chi connectivity index (χ2n) is 3.87. The van der Waals surface area contributed by atoms with Crippen molar-refractivity contribution in [1.29, 1.82) is 0 Å². The first kappa shape index (κ1) is 17.0. The second kappa shape index (κ2) is 7.67. The van der Waals surface area contributed by atoms with Crippen molar-refractivity contribution in [3.63, 3.8) is 0 Å². The van der Waals surface area contributed by atoms with Gasteiger partial charge in [-0.05, 0) is 38.2 Å². The molecule has 0 heterocycles. The average Bonchev–Trinajstić information content (AvgIpc) is 2.42. The van der Waals surface area contributed by atoms with E-state index < -0.39 is 5.91 Å². The minimum atomic E-state index is -0.439. The lowest BCUT2D eigenvalue weighted by atomic mass is 10.2. The summed E-state index contributed by atoms with van der Waals surface area (Å²) in [6.45, 7) is 5.32. The fourth-order valence-electron chi connectivity index (χ4n) is 1.69. The summed E-state index contributed by atoms with van der Waals surface area (Å²) in [7, 11) is 1.43. The number of rotatable bonds is 4. The maximum absolute atomic E-state index is 12.3. The van der Waals surface area contributed by atoms with Gasteiger partial charge >= 0.3 is 0 Å². The van der Waals surface area contributed by atoms with Gasteiger partial charge in [0.05, 0.1) is 17.2 Å². The molecule has 0 saturated heterocycles. The number of amides is 1. The maximum Gasteiger partial charge on any atom is 0.262 e. The minimum Gasteiger partial charge on any atom is -0.494 e. The summed E-state index contributed by atoms with van der Waals surface area (Å²) in [5.41, 5.74) is 0.177. The van der Waals surface area contributed by atoms with E-state index in [1.807, 2.05) is 18.7 Å². The standard InChI is InChI=1S/C13H16Cl2N2O2S/c1-4-17(5-2)13(20)16-12(18)10-8(14)6-7-9(15)11(10)19-3/h6-7H,4-5H2,1-3H3,(H,16,18,20). The highest BCUT2D eigenvalue weighted by Crippen LogP contribution is 2.33. The summed E-state index contributed by atoms with van der Waals surface area (Å²) in [5, 5.41) is 3.55. The Morgan fingerprint density at radius 1 is 1.30 bits per heavy atom. The fourth-order valence-corrected chi connectivity index (χ4v) is 2.51. The zero-order valence-corrected chi connectivity index (χ0v) is 13.8. The summed E-state index contributed by atoms with van der Waals surface area (Å²) in [4.78, 5) is 14.1. The Hall–Kier alpha value is -1.04. The molecule has 0 aromatic heterocycles. The lowest BCUT2D eigenvalue weighted by Gasteiger charge is -2.22. The van der Waals surface area contributed by atoms with E-state index in [-0.39, 0.29) is 16.3 Å². The topological polar surface area (TPSA) is 41.6 Å². The number of nitrogens with zero attached hydrogens (tertiary/aromatic N) is 1. The van der Waals surface area contributed by atoms with Crippen molar-refractivity contribution in [2.75, 3.05) is 20.2 Å². The number of hydrogen-bond donors (Lipinski definition) is 1. The SMILES string of the molecule is CCN(CC)C(=S)NC(=O)c1c(Cl)ccc(Cl)c1OC. The fraction of sp³-hybridized carbons (Fsp3) is 0.385. The quantitative estimate of drug-likeness (QED) is 0.857. The van der Waals surface area contributed by atoms with Gasteiger partial charge in [-0.3, -0.25) is 10.1 Å². The van der Waals surface area contributed by atoms with Crippen molar-refractivity contribution < 1.29 is 9.53 Å². The highest BCUT2D eigenvalue weighted by Gasteiger charge is 2.21. The van der Waals surface area contributed by atoms with Crippen LogP contribution < -0.4 is 10.1 Å². The summed E-state index contributed by atoms with van der Waals surface area (Å²) in [6, 6.07) is 3.12. The van der Waals surface area contributed by atoms with Gasteiger partial charge in [0.1, 0.15) is 5.56 Å². The van der Waals surface area contributed by atoms with Crippen LogP contribution in [0.15, 0.2) is 12.1 Å². The Balaban J connectivity index is 3.04. The van der Waals surface area contributed by atoms with Crippen molar-refractivity contribution in [3.05, 3.63) is 27.7 Å². The van der Waals surface area contributed by atoms with Crippen LogP contribution in [0, 0.1) is 0 Å². The lowest BCUT2D eigenvalue weighted by molar-refractivity contribution is 0.0971. The molecule has 1 N–H and O–H groups in total. The molecule has 20 heavy (non-hydrogen) atoms. The molecule has 1 aromatic rings. The van der Waals surface area contributed by atoms with Crippen molar-refractivity contribution in [1.82, 2.24) is 10.2 Å². The first-order valence-electron chi connectivity index (χ1n) is 6.08. The number of hydrogen-bond acceptors (Lipinski definition) is 3. The lowest BCUT2D eigenvalue weighted by Crippen LogP contribution is -2.42. The predicted molar refractivity (Wildman–Crippen MR) is 86.0 cm³/mol. The average molecular weight is 335 g/mol. The molecule has 0 fully saturated rings. The number of methoxy groups -OCH3 is 1. The van der Waals surface area contributed by atoms with E-state index in [0.717, 1.165) is 0 Å². The summed E-state index contributed by atoms with van der Waals surface area (Å²) in [5.74, 6) is -0.203. The first-order chi connectivity index (χ1) is 9.46. The zero-order chi connectivity index (χ0) is 15.3. The van der Waals surface area contributed by atoms with Crippen LogP contribution in [0.1, 0.15) is 24.2 Å². The molecule has 0 saturated carbocycles. The molecule has 0 aliphatic carbocycles. The van der Waals surface area contributed by atoms with Crippen molar-refractivity contribution in [2.45, 2.75) is 13.8 Å². The van der Waals surface area contributed by atoms with E-state index in [0.29, 0.717) is 23.2 Å². The van der Waals surface area contributed by atoms with Crippen LogP contribution in [0.5, 0.6) is 5.75 Å². The number of thiocarbonyl (C=S) groups is 1. The third-order valence-corrected chi connectivity index (χ3v) is 3.73. The molecular weight excluding hydrogens is 319 g/mol. The van der Waals surface area contributed by atoms with Crippen LogP contribution in [0.2, 0.25) is 10.0 Å². The number of halogens is 2. The number of nitrogens with one attached hydrogen (secondary N) is 1. The Morgan fingerprint density at radius 2 is 1.85 bits per heavy atom. The van der Waals surface area contributed by atoms with Crippen LogP contribution in [0.4, 0.5) is 0 Å². The van der Waals surface area contributed by atoms with Gasteiger partial charge in [0, 0.05) is 13.1 Å². The molecule has 0 aliphatic heterocycles. The van der Waals surface area contributed by atoms with Crippen LogP contribution in [0.25, 0.3) is 0 Å². The van der Waals surface area contributed by atoms with E-state index in [1.165, 1.54) is 7.11 Å². The Morgan fingerprint density at radius 3 is 2.35 bits per heavy atom. The zero-order valence-electron chi connectivity index (χ0n) is 11.5. The number of carbonyl (C=O) groups is 1. The smallest absolute Gasteiger partial charge is 0.262 e. The Kier molecular flexibility index (Phi) is 6.52. The van der Waals surface area contributed by atoms with Crippen molar-refractivity contribution in [2.24, 2.45) is 0 Å². The first-order valence-corrected chi connectivity index (χ1v) is 7.24. The van der Waals surface area contributed by atoms with Crippen LogP contribution in [0.3, 0.4) is 0 Å². The van der Waals surface area contributed by atoms with Gasteiger partial charge in [-0.1, -0.05) is 23.2 Å². The number of benzene rings is 1. The molecule has 0 bridgehead atoms. The molecule has 0 radical (unpaired) electrons. The van der Waals surface area contributed by atoms with E-state index in [2.05, 4.69) is 5.32 Å². The number of ether oxygens (including phenoxy) is 1. The summed E-state index contributed by atoms with van der Waals surface area (Å²) >= 11 is 17.2. The van der Waals surface area contributed by atoms with Gasteiger partial charge in [-0.15, -0.1) is 0 Å². The second-order valence-corrected chi connectivity index (χ2v) is 5.07. The van der Waals surface area contributed by atoms with Gasteiger partial charge in [-0.25, -0.2) is 0 Å². The molecule has 0 atom stereocenters. The Bertz CT molecular complexity index is 519. The normalized spacial score (nSPS) is 10.1. The molecule has 4 nitrogen and oxygen atoms in total. The predicted octanol–water partition coefficient (Wildman–Crippen LogP) is 3.36. The molecule has 1 amide bonds. The van der Waals surface area contributed by atoms with E-state index in [1.54, 1.807) is 12.1 Å². The summed E-state index contributed by atoms with van der Waals surface area (Å²) in [6.07, 6.45) is 0. The largest absolute Gasteiger partial charge is 0.494 e. The van der Waals surface area contributed by atoms with Gasteiger partial charge in [-0.2, -0.15) is 0 Å². The summed E-state index contributed by atoms with van der Waals surface area (Å²) < 4.78 is 5.14. The molecule has 7 heteroatoms. The van der Waals surface area contributed by atoms with Gasteiger partial charge in [0.2, 0.25) is 0 Å². The number of carbonyl (C=O) groups excluding carboxylic acids is 1. The van der Waals surface area contributed by atoms with Crippen LogP contribution >= 0.6 is 35.4 Å². The van der Waals surface area contributed by atoms with Gasteiger partial charge < -0.3 is 9.64 Å². The van der Waals surface area contributed by atoms with Crippen LogP contribution in [-0.4, -0.2) is 36.1 Å². The van der Waals surface area contributed by atoms with Crippen molar-refractivity contribution >= 4 is 46.4 Å². The molecule has 1 rings (SSSR count). The molecule has 1 aromatic carbocycles. The Labute approximate surface area is 134 Å².